The number of aryl methyl sites for hydroxylation is 2. The van der Waals surface area contributed by atoms with Crippen LogP contribution in [0.3, 0.4) is 0 Å². The average molecular weight is 248 g/mol. The van der Waals surface area contributed by atoms with Crippen LogP contribution in [0.25, 0.3) is 11.4 Å². The van der Waals surface area contributed by atoms with E-state index >= 15 is 0 Å². The zero-order valence-electron chi connectivity index (χ0n) is 10.2. The van der Waals surface area contributed by atoms with Crippen molar-refractivity contribution in [3.63, 3.8) is 0 Å². The van der Waals surface area contributed by atoms with Gasteiger partial charge in [0.15, 0.2) is 5.82 Å². The predicted octanol–water partition coefficient (Wildman–Crippen LogP) is 2.54. The lowest BCUT2D eigenvalue weighted by Gasteiger charge is -2.14. The van der Waals surface area contributed by atoms with Gasteiger partial charge in [-0.3, -0.25) is 0 Å². The smallest absolute Gasteiger partial charge is 0.167 e. The number of fused-ring (bicyclic) bond motifs is 1. The number of nitrogens with zero attached hydrogens (tertiary/aromatic N) is 3. The molecule has 0 amide bonds. The minimum atomic E-state index is 0.862. The molecule has 4 nitrogen and oxygen atoms in total. The normalized spacial score (nSPS) is 14.9. The Morgan fingerprint density at radius 1 is 1.24 bits per heavy atom. The summed E-state index contributed by atoms with van der Waals surface area (Å²) in [5.74, 6) is 2.06. The molecule has 3 rings (SSSR count). The highest BCUT2D eigenvalue weighted by Crippen LogP contribution is 2.37. The van der Waals surface area contributed by atoms with E-state index in [4.69, 9.17) is 5.73 Å². The first-order valence-corrected chi connectivity index (χ1v) is 6.78. The van der Waals surface area contributed by atoms with E-state index < -0.39 is 0 Å². The molecule has 90 valence electrons. The van der Waals surface area contributed by atoms with E-state index in [2.05, 4.69) is 28.6 Å². The van der Waals surface area contributed by atoms with Gasteiger partial charge < -0.3 is 10.3 Å². The van der Waals surface area contributed by atoms with Gasteiger partial charge in [0.25, 0.3) is 0 Å². The minimum absolute atomic E-state index is 0.862. The molecule has 3 heterocycles. The van der Waals surface area contributed by atoms with Crippen molar-refractivity contribution in [1.82, 2.24) is 14.8 Å². The van der Waals surface area contributed by atoms with Crippen LogP contribution in [-0.4, -0.2) is 14.8 Å². The molecule has 0 fully saturated rings. The Labute approximate surface area is 104 Å². The van der Waals surface area contributed by atoms with Gasteiger partial charge in [0.05, 0.1) is 10.6 Å². The molecule has 0 aliphatic carbocycles. The van der Waals surface area contributed by atoms with Crippen molar-refractivity contribution in [1.29, 1.82) is 0 Å². The summed E-state index contributed by atoms with van der Waals surface area (Å²) >= 11 is 1.64. The van der Waals surface area contributed by atoms with Gasteiger partial charge in [-0.25, -0.2) is 0 Å². The lowest BCUT2D eigenvalue weighted by molar-refractivity contribution is 0.526. The highest BCUT2D eigenvalue weighted by Gasteiger charge is 2.21. The molecule has 2 aromatic rings. The number of aromatic nitrogens is 3. The number of thiophene rings is 1. The van der Waals surface area contributed by atoms with Gasteiger partial charge in [-0.2, -0.15) is 0 Å². The molecule has 0 saturated carbocycles. The Hall–Kier alpha value is -1.36. The van der Waals surface area contributed by atoms with Crippen molar-refractivity contribution >= 4 is 16.3 Å². The van der Waals surface area contributed by atoms with Crippen molar-refractivity contribution in [2.45, 2.75) is 39.7 Å². The number of hydrogen-bond acceptors (Lipinski definition) is 4. The summed E-state index contributed by atoms with van der Waals surface area (Å²) in [5, 5.41) is 9.49. The molecule has 1 aliphatic heterocycles. The summed E-state index contributed by atoms with van der Waals surface area (Å²) < 4.78 is 2.23. The van der Waals surface area contributed by atoms with E-state index in [1.807, 2.05) is 0 Å². The molecule has 1 aliphatic rings. The summed E-state index contributed by atoms with van der Waals surface area (Å²) in [5.41, 5.74) is 8.44. The number of nitrogen functional groups attached to an aromatic ring is 1. The zero-order valence-corrected chi connectivity index (χ0v) is 11.0. The Bertz CT molecular complexity index is 567. The second-order valence-electron chi connectivity index (χ2n) is 4.57. The van der Waals surface area contributed by atoms with Crippen molar-refractivity contribution < 1.29 is 0 Å². The van der Waals surface area contributed by atoms with Crippen LogP contribution in [0.5, 0.6) is 0 Å². The summed E-state index contributed by atoms with van der Waals surface area (Å²) in [6.45, 7) is 5.24. The number of rotatable bonds is 1. The second kappa shape index (κ2) is 3.84. The molecular formula is C12H16N4S. The molecule has 0 spiro atoms. The van der Waals surface area contributed by atoms with Gasteiger partial charge in [0.1, 0.15) is 5.82 Å². The van der Waals surface area contributed by atoms with Crippen molar-refractivity contribution in [3.05, 3.63) is 16.3 Å². The van der Waals surface area contributed by atoms with Gasteiger partial charge in [-0.15, -0.1) is 21.5 Å². The van der Waals surface area contributed by atoms with E-state index in [0.717, 1.165) is 35.2 Å². The van der Waals surface area contributed by atoms with E-state index in [0.29, 0.717) is 0 Å². The first kappa shape index (κ1) is 10.8. The zero-order chi connectivity index (χ0) is 12.0. The van der Waals surface area contributed by atoms with Crippen LogP contribution < -0.4 is 5.73 Å². The minimum Gasteiger partial charge on any atom is -0.390 e. The Kier molecular flexibility index (Phi) is 2.43. The molecule has 0 aromatic carbocycles. The summed E-state index contributed by atoms with van der Waals surface area (Å²) in [6.07, 6.45) is 3.46. The molecule has 2 N–H and O–H groups in total. The maximum atomic E-state index is 6.10. The van der Waals surface area contributed by atoms with Crippen molar-refractivity contribution in [3.8, 4) is 11.4 Å². The summed E-state index contributed by atoms with van der Waals surface area (Å²) in [6, 6.07) is 0. The van der Waals surface area contributed by atoms with Gasteiger partial charge in [0, 0.05) is 17.8 Å². The van der Waals surface area contributed by atoms with Crippen LogP contribution in [0.15, 0.2) is 0 Å². The lowest BCUT2D eigenvalue weighted by atomic mass is 10.1. The quantitative estimate of drug-likeness (QED) is 0.843. The molecular weight excluding hydrogens is 232 g/mol. The molecule has 0 unspecified atom stereocenters. The van der Waals surface area contributed by atoms with E-state index in [1.165, 1.54) is 23.3 Å². The molecule has 0 radical (unpaired) electrons. The highest BCUT2D eigenvalue weighted by atomic mass is 32.1. The molecule has 0 bridgehead atoms. The van der Waals surface area contributed by atoms with Gasteiger partial charge in [-0.1, -0.05) is 0 Å². The van der Waals surface area contributed by atoms with Crippen LogP contribution in [0.2, 0.25) is 0 Å². The Balaban J connectivity index is 2.18. The van der Waals surface area contributed by atoms with E-state index in [9.17, 15) is 0 Å². The fourth-order valence-electron chi connectivity index (χ4n) is 2.42. The SMILES string of the molecule is Cc1sc(N)c(-c2nnc3n2CCCC3)c1C. The van der Waals surface area contributed by atoms with Crippen molar-refractivity contribution in [2.24, 2.45) is 0 Å². The van der Waals surface area contributed by atoms with Gasteiger partial charge in [0.2, 0.25) is 0 Å². The summed E-state index contributed by atoms with van der Waals surface area (Å²) in [7, 11) is 0. The molecule has 17 heavy (non-hydrogen) atoms. The highest BCUT2D eigenvalue weighted by molar-refractivity contribution is 7.16. The third-order valence-corrected chi connectivity index (χ3v) is 4.53. The Morgan fingerprint density at radius 3 is 2.76 bits per heavy atom. The maximum Gasteiger partial charge on any atom is 0.167 e. The topological polar surface area (TPSA) is 56.7 Å². The van der Waals surface area contributed by atoms with E-state index in [1.54, 1.807) is 11.3 Å². The van der Waals surface area contributed by atoms with Crippen LogP contribution in [0.1, 0.15) is 29.1 Å². The number of nitrogens with two attached hydrogens (primary N) is 1. The van der Waals surface area contributed by atoms with Crippen LogP contribution in [-0.2, 0) is 13.0 Å². The van der Waals surface area contributed by atoms with Crippen LogP contribution in [0, 0.1) is 13.8 Å². The number of anilines is 1. The van der Waals surface area contributed by atoms with E-state index in [-0.39, 0.29) is 0 Å². The first-order chi connectivity index (χ1) is 8.18. The van der Waals surface area contributed by atoms with Gasteiger partial charge >= 0.3 is 0 Å². The monoisotopic (exact) mass is 248 g/mol. The summed E-state index contributed by atoms with van der Waals surface area (Å²) in [4.78, 5) is 1.27. The lowest BCUT2D eigenvalue weighted by Crippen LogP contribution is -2.11. The molecule has 0 saturated heterocycles. The molecule has 2 aromatic heterocycles. The maximum absolute atomic E-state index is 6.10. The fourth-order valence-corrected chi connectivity index (χ4v) is 3.36. The average Bonchev–Trinajstić information content (AvgIpc) is 2.82. The first-order valence-electron chi connectivity index (χ1n) is 5.96. The molecule has 0 atom stereocenters. The largest absolute Gasteiger partial charge is 0.390 e. The third kappa shape index (κ3) is 1.57. The van der Waals surface area contributed by atoms with Gasteiger partial charge in [-0.05, 0) is 32.3 Å². The number of hydrogen-bond donors (Lipinski definition) is 1. The Morgan fingerprint density at radius 2 is 2.06 bits per heavy atom. The van der Waals surface area contributed by atoms with Crippen molar-refractivity contribution in [2.75, 3.05) is 5.73 Å². The predicted molar refractivity (Wildman–Crippen MR) is 70.2 cm³/mol. The third-order valence-electron chi connectivity index (χ3n) is 3.50. The standard InChI is InChI=1S/C12H16N4S/c1-7-8(2)17-11(13)10(7)12-15-14-9-5-3-4-6-16(9)12/h3-6,13H2,1-2H3. The molecule has 5 heteroatoms. The van der Waals surface area contributed by atoms with Crippen LogP contribution >= 0.6 is 11.3 Å². The fraction of sp³-hybridized carbons (Fsp3) is 0.500. The second-order valence-corrected chi connectivity index (χ2v) is 5.83. The van der Waals surface area contributed by atoms with Crippen LogP contribution in [0.4, 0.5) is 5.00 Å².